The molecule has 1 aromatic heterocycles. The van der Waals surface area contributed by atoms with Crippen LogP contribution in [0.15, 0.2) is 23.6 Å². The lowest BCUT2D eigenvalue weighted by atomic mass is 9.91. The average molecular weight is 233 g/mol. The zero-order valence-electron chi connectivity index (χ0n) is 9.37. The van der Waals surface area contributed by atoms with Gasteiger partial charge >= 0.3 is 0 Å². The fourth-order valence-electron chi connectivity index (χ4n) is 2.60. The Kier molecular flexibility index (Phi) is 2.36. The second-order valence-corrected chi connectivity index (χ2v) is 4.56. The van der Waals surface area contributed by atoms with Crippen LogP contribution in [0.3, 0.4) is 0 Å². The highest BCUT2D eigenvalue weighted by Gasteiger charge is 2.42. The molecule has 0 aliphatic carbocycles. The summed E-state index contributed by atoms with van der Waals surface area (Å²) in [5.74, 6) is 0.850. The van der Waals surface area contributed by atoms with Crippen molar-refractivity contribution in [3.63, 3.8) is 0 Å². The van der Waals surface area contributed by atoms with E-state index in [1.54, 1.807) is 6.20 Å². The highest BCUT2D eigenvalue weighted by Crippen LogP contribution is 2.32. The number of pyridine rings is 1. The Bertz CT molecular complexity index is 461. The van der Waals surface area contributed by atoms with Crippen molar-refractivity contribution in [2.24, 2.45) is 16.8 Å². The van der Waals surface area contributed by atoms with E-state index in [0.29, 0.717) is 11.6 Å². The largest absolute Gasteiger partial charge is 0.409 e. The van der Waals surface area contributed by atoms with Crippen molar-refractivity contribution in [2.75, 3.05) is 24.5 Å². The van der Waals surface area contributed by atoms with E-state index in [1.807, 2.05) is 12.3 Å². The number of amidine groups is 1. The van der Waals surface area contributed by atoms with Crippen LogP contribution in [0.1, 0.15) is 5.56 Å². The summed E-state index contributed by atoms with van der Waals surface area (Å²) in [4.78, 5) is 6.45. The zero-order valence-corrected chi connectivity index (χ0v) is 9.37. The van der Waals surface area contributed by atoms with Crippen LogP contribution >= 0.6 is 0 Å². The lowest BCUT2D eigenvalue weighted by Gasteiger charge is -2.45. The number of rotatable bonds is 2. The molecule has 0 radical (unpaired) electrons. The van der Waals surface area contributed by atoms with Gasteiger partial charge in [0.2, 0.25) is 0 Å². The average Bonchev–Trinajstić information content (AvgIpc) is 2.70. The maximum absolute atomic E-state index is 8.65. The maximum Gasteiger partial charge on any atom is 0.171 e. The van der Waals surface area contributed by atoms with Crippen molar-refractivity contribution in [1.29, 1.82) is 0 Å². The first kappa shape index (κ1) is 10.3. The van der Waals surface area contributed by atoms with Gasteiger partial charge in [0.15, 0.2) is 5.84 Å². The first-order valence-electron chi connectivity index (χ1n) is 5.70. The molecule has 0 amide bonds. The van der Waals surface area contributed by atoms with Gasteiger partial charge in [-0.15, -0.1) is 0 Å². The quantitative estimate of drug-likeness (QED) is 0.280. The third kappa shape index (κ3) is 1.61. The third-order valence-corrected chi connectivity index (χ3v) is 3.59. The molecule has 2 atom stereocenters. The Morgan fingerprint density at radius 2 is 2.41 bits per heavy atom. The molecule has 0 spiro atoms. The van der Waals surface area contributed by atoms with Gasteiger partial charge in [0.05, 0.1) is 11.9 Å². The predicted molar refractivity (Wildman–Crippen MR) is 64.2 cm³/mol. The number of oxime groups is 1. The number of aromatic nitrogens is 1. The summed E-state index contributed by atoms with van der Waals surface area (Å²) < 4.78 is 0. The molecule has 1 aromatic rings. The smallest absolute Gasteiger partial charge is 0.171 e. The van der Waals surface area contributed by atoms with Crippen LogP contribution in [-0.4, -0.2) is 41.7 Å². The normalized spacial score (nSPS) is 27.8. The van der Waals surface area contributed by atoms with Gasteiger partial charge in [0, 0.05) is 43.4 Å². The van der Waals surface area contributed by atoms with Crippen molar-refractivity contribution in [2.45, 2.75) is 6.04 Å². The molecular weight excluding hydrogens is 218 g/mol. The number of nitrogens with two attached hydrogens (primary N) is 1. The molecule has 0 bridgehead atoms. The first-order chi connectivity index (χ1) is 8.29. The summed E-state index contributed by atoms with van der Waals surface area (Å²) in [6.45, 7) is 3.19. The van der Waals surface area contributed by atoms with Crippen molar-refractivity contribution in [3.05, 3.63) is 24.0 Å². The second kappa shape index (κ2) is 3.89. The number of nitrogens with one attached hydrogen (secondary N) is 1. The first-order valence-corrected chi connectivity index (χ1v) is 5.70. The highest BCUT2D eigenvalue weighted by molar-refractivity contribution is 5.97. The van der Waals surface area contributed by atoms with Gasteiger partial charge in [-0.25, -0.2) is 0 Å². The highest BCUT2D eigenvalue weighted by atomic mass is 16.4. The van der Waals surface area contributed by atoms with Crippen molar-refractivity contribution < 1.29 is 5.21 Å². The van der Waals surface area contributed by atoms with Crippen LogP contribution in [0, 0.1) is 5.92 Å². The molecule has 0 saturated carbocycles. The number of hydrogen-bond donors (Lipinski definition) is 3. The Morgan fingerprint density at radius 1 is 1.53 bits per heavy atom. The van der Waals surface area contributed by atoms with Gasteiger partial charge in [-0.1, -0.05) is 5.16 Å². The van der Waals surface area contributed by atoms with Gasteiger partial charge in [-0.2, -0.15) is 0 Å². The van der Waals surface area contributed by atoms with Crippen molar-refractivity contribution >= 4 is 11.5 Å². The fraction of sp³-hybridized carbons (Fsp3) is 0.455. The Hall–Kier alpha value is -1.82. The number of hydrogen-bond acceptors (Lipinski definition) is 5. The summed E-state index contributed by atoms with van der Waals surface area (Å²) in [7, 11) is 0. The summed E-state index contributed by atoms with van der Waals surface area (Å²) in [6, 6.07) is 2.48. The fourth-order valence-corrected chi connectivity index (χ4v) is 2.60. The zero-order chi connectivity index (χ0) is 11.8. The molecule has 2 aliphatic heterocycles. The minimum absolute atomic E-state index is 0.0981. The van der Waals surface area contributed by atoms with Crippen LogP contribution in [0.25, 0.3) is 0 Å². The summed E-state index contributed by atoms with van der Waals surface area (Å²) in [5.41, 5.74) is 7.25. The number of fused-ring (bicyclic) bond motifs is 1. The van der Waals surface area contributed by atoms with Gasteiger partial charge in [0.1, 0.15) is 0 Å². The van der Waals surface area contributed by atoms with Gasteiger partial charge in [-0.3, -0.25) is 4.98 Å². The lowest BCUT2D eigenvalue weighted by Crippen LogP contribution is -2.55. The second-order valence-electron chi connectivity index (χ2n) is 4.56. The molecule has 3 heterocycles. The Balaban J connectivity index is 1.84. The standard InChI is InChI=1S/C11H15N5O/c12-11(15-17)7-1-9(4-13-2-7)16-6-8-3-14-5-10(8)16/h1-2,4,8,10,14,17H,3,5-6H2,(H2,12,15)/t8-,10-/m1/s1. The van der Waals surface area contributed by atoms with E-state index in [-0.39, 0.29) is 5.84 Å². The minimum Gasteiger partial charge on any atom is -0.409 e. The van der Waals surface area contributed by atoms with Crippen molar-refractivity contribution in [3.8, 4) is 0 Å². The van der Waals surface area contributed by atoms with Gasteiger partial charge in [-0.05, 0) is 6.07 Å². The molecule has 2 aliphatic rings. The van der Waals surface area contributed by atoms with E-state index < -0.39 is 0 Å². The van der Waals surface area contributed by atoms with E-state index in [4.69, 9.17) is 10.9 Å². The molecule has 2 saturated heterocycles. The molecule has 4 N–H and O–H groups in total. The van der Waals surface area contributed by atoms with Gasteiger partial charge in [0.25, 0.3) is 0 Å². The van der Waals surface area contributed by atoms with E-state index >= 15 is 0 Å². The van der Waals surface area contributed by atoms with E-state index in [0.717, 1.165) is 31.2 Å². The topological polar surface area (TPSA) is 86.8 Å². The summed E-state index contributed by atoms with van der Waals surface area (Å²) in [6.07, 6.45) is 3.42. The SMILES string of the molecule is NC(=NO)c1cncc(N2C[C@H]3CNC[C@H]32)c1. The molecule has 17 heavy (non-hydrogen) atoms. The Labute approximate surface area is 99.1 Å². The molecule has 90 valence electrons. The summed E-state index contributed by atoms with van der Waals surface area (Å²) >= 11 is 0. The van der Waals surface area contributed by atoms with Crippen LogP contribution in [0.5, 0.6) is 0 Å². The summed E-state index contributed by atoms with van der Waals surface area (Å²) in [5, 5.41) is 15.0. The molecular formula is C11H15N5O. The monoisotopic (exact) mass is 233 g/mol. The molecule has 0 aromatic carbocycles. The van der Waals surface area contributed by atoms with Crippen LogP contribution in [0.4, 0.5) is 5.69 Å². The molecule has 2 fully saturated rings. The number of anilines is 1. The van der Waals surface area contributed by atoms with Gasteiger partial charge < -0.3 is 21.2 Å². The predicted octanol–water partition coefficient (Wildman–Crippen LogP) is -0.416. The third-order valence-electron chi connectivity index (χ3n) is 3.59. The van der Waals surface area contributed by atoms with E-state index in [1.165, 1.54) is 0 Å². The van der Waals surface area contributed by atoms with Crippen LogP contribution in [0.2, 0.25) is 0 Å². The number of nitrogens with zero attached hydrogens (tertiary/aromatic N) is 3. The van der Waals surface area contributed by atoms with Crippen LogP contribution < -0.4 is 16.0 Å². The minimum atomic E-state index is 0.0981. The molecule has 6 nitrogen and oxygen atoms in total. The maximum atomic E-state index is 8.65. The molecule has 6 heteroatoms. The molecule has 0 unspecified atom stereocenters. The van der Waals surface area contributed by atoms with E-state index in [2.05, 4.69) is 20.4 Å². The van der Waals surface area contributed by atoms with Crippen molar-refractivity contribution in [1.82, 2.24) is 10.3 Å². The van der Waals surface area contributed by atoms with E-state index in [9.17, 15) is 0 Å². The Morgan fingerprint density at radius 3 is 3.18 bits per heavy atom. The van der Waals surface area contributed by atoms with Crippen LogP contribution in [-0.2, 0) is 0 Å². The lowest BCUT2D eigenvalue weighted by molar-refractivity contribution is 0.318. The molecule has 3 rings (SSSR count).